The monoisotopic (exact) mass is 140 g/mol. The van der Waals surface area contributed by atoms with Crippen LogP contribution in [-0.2, 0) is 0 Å². The molecule has 0 rings (SSSR count). The Morgan fingerprint density at radius 3 is 1.80 bits per heavy atom. The molecule has 10 heavy (non-hydrogen) atoms. The molecule has 0 unspecified atom stereocenters. The van der Waals surface area contributed by atoms with Crippen molar-refractivity contribution in [2.24, 2.45) is 11.8 Å². The van der Waals surface area contributed by atoms with Gasteiger partial charge in [0, 0.05) is 0 Å². The minimum atomic E-state index is 0.706. The molecule has 0 aliphatic heterocycles. The molecule has 0 aromatic carbocycles. The van der Waals surface area contributed by atoms with Crippen LogP contribution in [0.15, 0.2) is 11.6 Å². The predicted molar refractivity (Wildman–Crippen MR) is 48.1 cm³/mol. The smallest absolute Gasteiger partial charge is 0.0260 e. The summed E-state index contributed by atoms with van der Waals surface area (Å²) < 4.78 is 0. The van der Waals surface area contributed by atoms with Crippen LogP contribution in [-0.4, -0.2) is 0 Å². The minimum absolute atomic E-state index is 0.706. The van der Waals surface area contributed by atoms with Crippen LogP contribution in [0.5, 0.6) is 0 Å². The Kier molecular flexibility index (Phi) is 4.42. The van der Waals surface area contributed by atoms with Gasteiger partial charge in [0.25, 0.3) is 0 Å². The van der Waals surface area contributed by atoms with E-state index in [1.165, 1.54) is 6.42 Å². The molecular formula is C10H20. The van der Waals surface area contributed by atoms with Gasteiger partial charge >= 0.3 is 0 Å². The first kappa shape index (κ1) is 9.74. The van der Waals surface area contributed by atoms with Crippen molar-refractivity contribution < 1.29 is 0 Å². The molecule has 60 valence electrons. The first-order chi connectivity index (χ1) is 4.57. The predicted octanol–water partition coefficient (Wildman–Crippen LogP) is 3.63. The largest absolute Gasteiger partial charge is 0.0825 e. The van der Waals surface area contributed by atoms with E-state index in [4.69, 9.17) is 0 Å². The zero-order valence-electron chi connectivity index (χ0n) is 7.94. The molecule has 0 atom stereocenters. The average molecular weight is 140 g/mol. The summed E-state index contributed by atoms with van der Waals surface area (Å²) in [6.45, 7) is 11.2. The van der Waals surface area contributed by atoms with Crippen molar-refractivity contribution in [3.8, 4) is 0 Å². The molecule has 0 heterocycles. The molecule has 0 aromatic heterocycles. The van der Waals surface area contributed by atoms with Gasteiger partial charge in [-0.05, 0) is 18.3 Å². The maximum Gasteiger partial charge on any atom is -0.0260 e. The van der Waals surface area contributed by atoms with Gasteiger partial charge in [0.15, 0.2) is 0 Å². The first-order valence-corrected chi connectivity index (χ1v) is 4.28. The van der Waals surface area contributed by atoms with Crippen molar-refractivity contribution in [3.63, 3.8) is 0 Å². The summed E-state index contributed by atoms with van der Waals surface area (Å²) in [6, 6.07) is 0. The molecular weight excluding hydrogens is 120 g/mol. The summed E-state index contributed by atoms with van der Waals surface area (Å²) >= 11 is 0. The third kappa shape index (κ3) is 3.71. The number of hydrogen-bond acceptors (Lipinski definition) is 0. The van der Waals surface area contributed by atoms with E-state index < -0.39 is 0 Å². The van der Waals surface area contributed by atoms with Gasteiger partial charge in [-0.1, -0.05) is 46.3 Å². The van der Waals surface area contributed by atoms with Gasteiger partial charge in [-0.15, -0.1) is 0 Å². The quantitative estimate of drug-likeness (QED) is 0.525. The summed E-state index contributed by atoms with van der Waals surface area (Å²) in [5.74, 6) is 1.43. The zero-order chi connectivity index (χ0) is 8.15. The van der Waals surface area contributed by atoms with E-state index in [1.54, 1.807) is 5.57 Å². The van der Waals surface area contributed by atoms with E-state index in [0.29, 0.717) is 5.92 Å². The lowest BCUT2D eigenvalue weighted by Gasteiger charge is -2.09. The SMILES string of the molecule is CC/C(=C/C(C)C)C(C)C. The minimum Gasteiger partial charge on any atom is -0.0825 e. The van der Waals surface area contributed by atoms with Gasteiger partial charge in [0.1, 0.15) is 0 Å². The van der Waals surface area contributed by atoms with Gasteiger partial charge in [-0.2, -0.15) is 0 Å². The molecule has 0 heteroatoms. The lowest BCUT2D eigenvalue weighted by Crippen LogP contribution is -1.94. The molecule has 0 nitrogen and oxygen atoms in total. The summed E-state index contributed by atoms with van der Waals surface area (Å²) in [5.41, 5.74) is 1.59. The van der Waals surface area contributed by atoms with Gasteiger partial charge in [0.2, 0.25) is 0 Å². The van der Waals surface area contributed by atoms with Crippen LogP contribution in [0.2, 0.25) is 0 Å². The van der Waals surface area contributed by atoms with Crippen molar-refractivity contribution in [3.05, 3.63) is 11.6 Å². The molecule has 0 bridgehead atoms. The maximum atomic E-state index is 2.38. The van der Waals surface area contributed by atoms with Gasteiger partial charge in [-0.25, -0.2) is 0 Å². The Bertz CT molecular complexity index is 107. The summed E-state index contributed by atoms with van der Waals surface area (Å²) in [7, 11) is 0. The standard InChI is InChI=1S/C10H20/c1-6-10(9(4)5)7-8(2)3/h7-9H,6H2,1-5H3/b10-7-. The van der Waals surface area contributed by atoms with Crippen LogP contribution in [0.3, 0.4) is 0 Å². The molecule has 0 saturated carbocycles. The van der Waals surface area contributed by atoms with Crippen LogP contribution in [0, 0.1) is 11.8 Å². The number of rotatable bonds is 3. The van der Waals surface area contributed by atoms with Crippen LogP contribution in [0.1, 0.15) is 41.0 Å². The summed E-state index contributed by atoms with van der Waals surface area (Å²) in [4.78, 5) is 0. The Hall–Kier alpha value is -0.260. The second-order valence-corrected chi connectivity index (χ2v) is 3.49. The number of allylic oxidation sites excluding steroid dienone is 2. The first-order valence-electron chi connectivity index (χ1n) is 4.28. The molecule has 0 saturated heterocycles. The van der Waals surface area contributed by atoms with Crippen LogP contribution < -0.4 is 0 Å². The van der Waals surface area contributed by atoms with E-state index in [1.807, 2.05) is 0 Å². The van der Waals surface area contributed by atoms with Crippen molar-refractivity contribution in [1.82, 2.24) is 0 Å². The fraction of sp³-hybridized carbons (Fsp3) is 0.800. The van der Waals surface area contributed by atoms with E-state index in [2.05, 4.69) is 40.7 Å². The van der Waals surface area contributed by atoms with Gasteiger partial charge in [-0.3, -0.25) is 0 Å². The normalized spacial score (nSPS) is 13.3. The fourth-order valence-corrected chi connectivity index (χ4v) is 1.15. The molecule has 0 aliphatic carbocycles. The van der Waals surface area contributed by atoms with Crippen molar-refractivity contribution in [1.29, 1.82) is 0 Å². The van der Waals surface area contributed by atoms with E-state index in [0.717, 1.165) is 5.92 Å². The second-order valence-electron chi connectivity index (χ2n) is 3.49. The third-order valence-corrected chi connectivity index (χ3v) is 1.70. The Balaban J connectivity index is 4.04. The van der Waals surface area contributed by atoms with Crippen LogP contribution in [0.25, 0.3) is 0 Å². The van der Waals surface area contributed by atoms with E-state index >= 15 is 0 Å². The van der Waals surface area contributed by atoms with E-state index in [9.17, 15) is 0 Å². The Morgan fingerprint density at radius 1 is 1.20 bits per heavy atom. The van der Waals surface area contributed by atoms with Crippen LogP contribution in [0.4, 0.5) is 0 Å². The maximum absolute atomic E-state index is 2.38. The molecule has 0 aliphatic rings. The highest BCUT2D eigenvalue weighted by molar-refractivity contribution is 5.04. The number of hydrogen-bond donors (Lipinski definition) is 0. The highest BCUT2D eigenvalue weighted by Gasteiger charge is 2.00. The lowest BCUT2D eigenvalue weighted by atomic mass is 9.97. The van der Waals surface area contributed by atoms with Crippen molar-refractivity contribution >= 4 is 0 Å². The summed E-state index contributed by atoms with van der Waals surface area (Å²) in [5, 5.41) is 0. The second kappa shape index (κ2) is 4.54. The molecule has 0 N–H and O–H groups in total. The fourth-order valence-electron chi connectivity index (χ4n) is 1.15. The molecule has 0 aromatic rings. The molecule has 0 radical (unpaired) electrons. The van der Waals surface area contributed by atoms with Crippen LogP contribution >= 0.6 is 0 Å². The van der Waals surface area contributed by atoms with Gasteiger partial charge < -0.3 is 0 Å². The molecule has 0 fully saturated rings. The van der Waals surface area contributed by atoms with Crippen molar-refractivity contribution in [2.45, 2.75) is 41.0 Å². The molecule has 0 spiro atoms. The Labute approximate surface area is 65.3 Å². The topological polar surface area (TPSA) is 0 Å². The Morgan fingerprint density at radius 2 is 1.70 bits per heavy atom. The third-order valence-electron chi connectivity index (χ3n) is 1.70. The highest BCUT2D eigenvalue weighted by Crippen LogP contribution is 2.15. The van der Waals surface area contributed by atoms with E-state index in [-0.39, 0.29) is 0 Å². The zero-order valence-corrected chi connectivity index (χ0v) is 7.94. The van der Waals surface area contributed by atoms with Gasteiger partial charge in [0.05, 0.1) is 0 Å². The molecule has 0 amide bonds. The lowest BCUT2D eigenvalue weighted by molar-refractivity contribution is 0.700. The average Bonchev–Trinajstić information content (AvgIpc) is 1.81. The highest BCUT2D eigenvalue weighted by atomic mass is 14.1. The van der Waals surface area contributed by atoms with Crippen molar-refractivity contribution in [2.75, 3.05) is 0 Å². The summed E-state index contributed by atoms with van der Waals surface area (Å²) in [6.07, 6.45) is 3.58.